The molecule has 9 heteroatoms. The lowest BCUT2D eigenvalue weighted by molar-refractivity contribution is -0.125. The normalized spacial score (nSPS) is 14.9. The van der Waals surface area contributed by atoms with Gasteiger partial charge in [-0.1, -0.05) is 24.3 Å². The molecule has 1 fully saturated rings. The zero-order valence-corrected chi connectivity index (χ0v) is 17.9. The summed E-state index contributed by atoms with van der Waals surface area (Å²) in [5, 5.41) is 14.5. The Morgan fingerprint density at radius 1 is 1.16 bits per heavy atom. The molecule has 2 heterocycles. The van der Waals surface area contributed by atoms with Gasteiger partial charge in [0.2, 0.25) is 11.8 Å². The molecule has 0 saturated carbocycles. The number of nitrogens with one attached hydrogen (secondary N) is 1. The van der Waals surface area contributed by atoms with Crippen LogP contribution in [0.1, 0.15) is 42.3 Å². The molecule has 1 unspecified atom stereocenters. The van der Waals surface area contributed by atoms with Crippen LogP contribution in [-0.4, -0.2) is 38.6 Å². The fourth-order valence-electron chi connectivity index (χ4n) is 3.88. The van der Waals surface area contributed by atoms with Gasteiger partial charge in [-0.15, -0.1) is 5.10 Å². The van der Waals surface area contributed by atoms with Crippen LogP contribution < -0.4 is 10.2 Å². The quantitative estimate of drug-likeness (QED) is 0.615. The number of rotatable bonds is 7. The molecule has 1 aliphatic heterocycles. The molecule has 2 aromatic carbocycles. The van der Waals surface area contributed by atoms with Crippen molar-refractivity contribution in [3.8, 4) is 0 Å². The number of carbonyl (C=O) groups excluding carboxylic acids is 2. The highest BCUT2D eigenvalue weighted by molar-refractivity contribution is 5.94. The van der Waals surface area contributed by atoms with Crippen molar-refractivity contribution in [2.45, 2.75) is 45.2 Å². The molecule has 1 aromatic heterocycles. The minimum Gasteiger partial charge on any atom is -0.350 e. The van der Waals surface area contributed by atoms with Crippen molar-refractivity contribution in [2.75, 3.05) is 11.4 Å². The monoisotopic (exact) mass is 436 g/mol. The Bertz CT molecular complexity index is 1100. The first-order valence-electron chi connectivity index (χ1n) is 10.7. The number of amides is 2. The van der Waals surface area contributed by atoms with Crippen molar-refractivity contribution in [1.82, 2.24) is 25.5 Å². The Labute approximate surface area is 185 Å². The summed E-state index contributed by atoms with van der Waals surface area (Å²) >= 11 is 0. The first kappa shape index (κ1) is 21.6. The van der Waals surface area contributed by atoms with E-state index >= 15 is 0 Å². The molecule has 0 bridgehead atoms. The van der Waals surface area contributed by atoms with E-state index in [4.69, 9.17) is 0 Å². The zero-order valence-electron chi connectivity index (χ0n) is 17.9. The number of nitrogens with zero attached hydrogens (tertiary/aromatic N) is 5. The van der Waals surface area contributed by atoms with Crippen LogP contribution in [0.3, 0.4) is 0 Å². The first-order chi connectivity index (χ1) is 15.5. The number of anilines is 1. The van der Waals surface area contributed by atoms with Crippen LogP contribution >= 0.6 is 0 Å². The number of aromatic nitrogens is 4. The molecule has 1 aliphatic rings. The Hall–Kier alpha value is -3.62. The number of hydrogen-bond acceptors (Lipinski definition) is 5. The highest BCUT2D eigenvalue weighted by atomic mass is 19.1. The summed E-state index contributed by atoms with van der Waals surface area (Å²) in [6, 6.07) is 13.0. The maximum absolute atomic E-state index is 13.3. The summed E-state index contributed by atoms with van der Waals surface area (Å²) in [6.07, 6.45) is 2.80. The SMILES string of the molecule is Cc1nnnn1C(Cc1ccc(F)cc1)C(=O)NCc1cccc(N2CCCCC2=O)c1. The third kappa shape index (κ3) is 4.99. The molecule has 1 saturated heterocycles. The Balaban J connectivity index is 1.47. The Morgan fingerprint density at radius 3 is 2.69 bits per heavy atom. The molecule has 1 atom stereocenters. The smallest absolute Gasteiger partial charge is 0.245 e. The van der Waals surface area contributed by atoms with Crippen molar-refractivity contribution in [3.63, 3.8) is 0 Å². The molecule has 4 rings (SSSR count). The molecule has 0 spiro atoms. The van der Waals surface area contributed by atoms with Crippen molar-refractivity contribution in [2.24, 2.45) is 0 Å². The van der Waals surface area contributed by atoms with Crippen molar-refractivity contribution >= 4 is 17.5 Å². The Morgan fingerprint density at radius 2 is 1.97 bits per heavy atom. The molecule has 0 aliphatic carbocycles. The van der Waals surface area contributed by atoms with Crippen LogP contribution in [-0.2, 0) is 22.6 Å². The summed E-state index contributed by atoms with van der Waals surface area (Å²) in [7, 11) is 0. The van der Waals surface area contributed by atoms with Crippen molar-refractivity contribution in [3.05, 3.63) is 71.3 Å². The maximum atomic E-state index is 13.3. The standard InChI is InChI=1S/C23H25FN6O2/c1-16-26-27-28-30(16)21(14-17-8-10-19(24)11-9-17)23(32)25-15-18-5-4-6-20(13-18)29-12-3-2-7-22(29)31/h4-6,8-11,13,21H,2-3,7,12,14-15H2,1H3,(H,25,32). The van der Waals surface area contributed by atoms with Crippen molar-refractivity contribution < 1.29 is 14.0 Å². The van der Waals surface area contributed by atoms with Gasteiger partial charge in [0, 0.05) is 31.6 Å². The van der Waals surface area contributed by atoms with E-state index in [2.05, 4.69) is 20.8 Å². The topological polar surface area (TPSA) is 93.0 Å². The van der Waals surface area contributed by atoms with Gasteiger partial charge < -0.3 is 10.2 Å². The zero-order chi connectivity index (χ0) is 22.5. The Kier molecular flexibility index (Phi) is 6.53. The second kappa shape index (κ2) is 9.67. The maximum Gasteiger partial charge on any atom is 0.245 e. The van der Waals surface area contributed by atoms with Gasteiger partial charge in [-0.25, -0.2) is 9.07 Å². The molecule has 3 aromatic rings. The molecule has 0 radical (unpaired) electrons. The predicted molar refractivity (Wildman–Crippen MR) is 116 cm³/mol. The van der Waals surface area contributed by atoms with E-state index in [9.17, 15) is 14.0 Å². The first-order valence-corrected chi connectivity index (χ1v) is 10.7. The number of hydrogen-bond donors (Lipinski definition) is 1. The average molecular weight is 436 g/mol. The van der Waals surface area contributed by atoms with Crippen LogP contribution in [0, 0.1) is 12.7 Å². The molecule has 1 N–H and O–H groups in total. The number of tetrazole rings is 1. The van der Waals surface area contributed by atoms with Crippen LogP contribution in [0.5, 0.6) is 0 Å². The third-order valence-corrected chi connectivity index (χ3v) is 5.61. The third-order valence-electron chi connectivity index (χ3n) is 5.61. The van der Waals surface area contributed by atoms with Crippen molar-refractivity contribution in [1.29, 1.82) is 0 Å². The van der Waals surface area contributed by atoms with E-state index in [1.807, 2.05) is 24.3 Å². The van der Waals surface area contributed by atoms with Crippen LogP contribution in [0.25, 0.3) is 0 Å². The molecule has 166 valence electrons. The fourth-order valence-corrected chi connectivity index (χ4v) is 3.88. The number of benzene rings is 2. The number of aryl methyl sites for hydroxylation is 1. The lowest BCUT2D eigenvalue weighted by Crippen LogP contribution is -2.36. The van der Waals surface area contributed by atoms with Gasteiger partial charge in [-0.3, -0.25) is 9.59 Å². The molecule has 32 heavy (non-hydrogen) atoms. The summed E-state index contributed by atoms with van der Waals surface area (Å²) in [5.74, 6) is 0.0634. The number of piperidine rings is 1. The summed E-state index contributed by atoms with van der Waals surface area (Å²) in [4.78, 5) is 27.1. The molecule has 2 amide bonds. The van der Waals surface area contributed by atoms with E-state index in [0.717, 1.165) is 29.7 Å². The van der Waals surface area contributed by atoms with E-state index < -0.39 is 6.04 Å². The van der Waals surface area contributed by atoms with Gasteiger partial charge in [0.1, 0.15) is 17.7 Å². The second-order valence-electron chi connectivity index (χ2n) is 7.91. The lowest BCUT2D eigenvalue weighted by atomic mass is 10.0. The largest absolute Gasteiger partial charge is 0.350 e. The average Bonchev–Trinajstić information content (AvgIpc) is 3.23. The minimum atomic E-state index is -0.678. The van der Waals surface area contributed by atoms with E-state index in [1.165, 1.54) is 16.8 Å². The highest BCUT2D eigenvalue weighted by Crippen LogP contribution is 2.22. The van der Waals surface area contributed by atoms with E-state index in [0.29, 0.717) is 31.8 Å². The minimum absolute atomic E-state index is 0.131. The van der Waals surface area contributed by atoms with Gasteiger partial charge >= 0.3 is 0 Å². The van der Waals surface area contributed by atoms with Gasteiger partial charge in [0.15, 0.2) is 0 Å². The van der Waals surface area contributed by atoms with Crippen LogP contribution in [0.4, 0.5) is 10.1 Å². The molecule has 8 nitrogen and oxygen atoms in total. The van der Waals surface area contributed by atoms with Crippen LogP contribution in [0.2, 0.25) is 0 Å². The lowest BCUT2D eigenvalue weighted by Gasteiger charge is -2.27. The van der Waals surface area contributed by atoms with E-state index in [1.54, 1.807) is 24.0 Å². The number of halogens is 1. The predicted octanol–water partition coefficient (Wildman–Crippen LogP) is 2.74. The van der Waals surface area contributed by atoms with Gasteiger partial charge in [-0.05, 0) is 65.6 Å². The fraction of sp³-hybridized carbons (Fsp3) is 0.348. The van der Waals surface area contributed by atoms with E-state index in [-0.39, 0.29) is 17.6 Å². The summed E-state index contributed by atoms with van der Waals surface area (Å²) < 4.78 is 14.8. The van der Waals surface area contributed by atoms with Gasteiger partial charge in [-0.2, -0.15) is 0 Å². The molecular weight excluding hydrogens is 411 g/mol. The van der Waals surface area contributed by atoms with Gasteiger partial charge in [0.25, 0.3) is 0 Å². The van der Waals surface area contributed by atoms with Crippen LogP contribution in [0.15, 0.2) is 48.5 Å². The second-order valence-corrected chi connectivity index (χ2v) is 7.91. The molecular formula is C23H25FN6O2. The highest BCUT2D eigenvalue weighted by Gasteiger charge is 2.24. The number of carbonyl (C=O) groups is 2. The van der Waals surface area contributed by atoms with Gasteiger partial charge in [0.05, 0.1) is 0 Å². The summed E-state index contributed by atoms with van der Waals surface area (Å²) in [5.41, 5.74) is 2.54. The summed E-state index contributed by atoms with van der Waals surface area (Å²) in [6.45, 7) is 2.74.